The van der Waals surface area contributed by atoms with Crippen LogP contribution in [0.25, 0.3) is 0 Å². The van der Waals surface area contributed by atoms with Gasteiger partial charge in [0.2, 0.25) is 5.91 Å². The third kappa shape index (κ3) is 3.70. The van der Waals surface area contributed by atoms with E-state index < -0.39 is 0 Å². The van der Waals surface area contributed by atoms with E-state index in [4.69, 9.17) is 10.5 Å². The minimum atomic E-state index is -0.104. The minimum Gasteiger partial charge on any atom is -0.399 e. The smallest absolute Gasteiger partial charge is 0.220 e. The predicted molar refractivity (Wildman–Crippen MR) is 75.8 cm³/mol. The zero-order chi connectivity index (χ0) is 13.7. The monoisotopic (exact) mass is 262 g/mol. The summed E-state index contributed by atoms with van der Waals surface area (Å²) in [6.07, 6.45) is 4.48. The molecule has 4 heteroatoms. The van der Waals surface area contributed by atoms with Crippen LogP contribution in [0.5, 0.6) is 0 Å². The average Bonchev–Trinajstić information content (AvgIpc) is 2.36. The summed E-state index contributed by atoms with van der Waals surface area (Å²) in [5.41, 5.74) is 7.44. The Hall–Kier alpha value is -1.55. The third-order valence-electron chi connectivity index (χ3n) is 3.90. The van der Waals surface area contributed by atoms with Crippen LogP contribution in [0, 0.1) is 0 Å². The number of carbonyl (C=O) groups is 1. The van der Waals surface area contributed by atoms with E-state index in [0.717, 1.165) is 30.5 Å². The normalized spacial score (nSPS) is 16.7. The molecule has 19 heavy (non-hydrogen) atoms. The molecule has 1 saturated carbocycles. The van der Waals surface area contributed by atoms with Gasteiger partial charge in [-0.05, 0) is 43.4 Å². The quantitative estimate of drug-likeness (QED) is 0.769. The zero-order valence-electron chi connectivity index (χ0n) is 11.4. The minimum absolute atomic E-state index is 0.0748. The number of hydrogen-bond donors (Lipinski definition) is 2. The summed E-state index contributed by atoms with van der Waals surface area (Å²) in [5, 5.41) is 2.97. The third-order valence-corrected chi connectivity index (χ3v) is 3.90. The van der Waals surface area contributed by atoms with Crippen LogP contribution in [0.4, 0.5) is 5.69 Å². The first-order chi connectivity index (χ1) is 9.13. The standard InChI is InChI=1S/C15H22N2O2/c1-19-15(8-3-9-15)11-17-14(18)7-6-12-4-2-5-13(16)10-12/h2,4-5,10H,3,6-9,11,16H2,1H3,(H,17,18). The lowest BCUT2D eigenvalue weighted by atomic mass is 9.80. The Bertz CT molecular complexity index is 436. The van der Waals surface area contributed by atoms with Gasteiger partial charge in [-0.3, -0.25) is 4.79 Å². The van der Waals surface area contributed by atoms with Gasteiger partial charge in [0.05, 0.1) is 5.60 Å². The summed E-state index contributed by atoms with van der Waals surface area (Å²) >= 11 is 0. The van der Waals surface area contributed by atoms with E-state index in [1.807, 2.05) is 24.3 Å². The van der Waals surface area contributed by atoms with Crippen molar-refractivity contribution in [3.05, 3.63) is 29.8 Å². The molecule has 1 aliphatic carbocycles. The number of anilines is 1. The van der Waals surface area contributed by atoms with Crippen LogP contribution in [0.3, 0.4) is 0 Å². The van der Waals surface area contributed by atoms with Gasteiger partial charge in [0, 0.05) is 25.8 Å². The molecule has 3 N–H and O–H groups in total. The number of ether oxygens (including phenoxy) is 1. The number of carbonyl (C=O) groups excluding carboxylic acids is 1. The maximum absolute atomic E-state index is 11.8. The largest absolute Gasteiger partial charge is 0.399 e. The van der Waals surface area contributed by atoms with Crippen molar-refractivity contribution in [1.29, 1.82) is 0 Å². The molecule has 0 atom stereocenters. The van der Waals surface area contributed by atoms with Crippen molar-refractivity contribution in [2.75, 3.05) is 19.4 Å². The summed E-state index contributed by atoms with van der Waals surface area (Å²) in [6, 6.07) is 7.67. The summed E-state index contributed by atoms with van der Waals surface area (Å²) in [7, 11) is 1.72. The highest BCUT2D eigenvalue weighted by Crippen LogP contribution is 2.34. The van der Waals surface area contributed by atoms with Crippen molar-refractivity contribution in [2.24, 2.45) is 0 Å². The van der Waals surface area contributed by atoms with Gasteiger partial charge in [-0.2, -0.15) is 0 Å². The lowest BCUT2D eigenvalue weighted by molar-refractivity contribution is -0.124. The van der Waals surface area contributed by atoms with Crippen LogP contribution in [0.1, 0.15) is 31.2 Å². The van der Waals surface area contributed by atoms with E-state index in [1.54, 1.807) is 7.11 Å². The molecule has 1 fully saturated rings. The van der Waals surface area contributed by atoms with E-state index in [0.29, 0.717) is 13.0 Å². The zero-order valence-corrected chi connectivity index (χ0v) is 11.4. The number of benzene rings is 1. The Morgan fingerprint density at radius 1 is 1.47 bits per heavy atom. The van der Waals surface area contributed by atoms with Crippen LogP contribution >= 0.6 is 0 Å². The number of rotatable bonds is 6. The van der Waals surface area contributed by atoms with E-state index in [2.05, 4.69) is 5.32 Å². The van der Waals surface area contributed by atoms with Crippen LogP contribution in [0.2, 0.25) is 0 Å². The second kappa shape index (κ2) is 6.06. The number of nitrogens with two attached hydrogens (primary N) is 1. The second-order valence-electron chi connectivity index (χ2n) is 5.26. The van der Waals surface area contributed by atoms with Crippen molar-refractivity contribution < 1.29 is 9.53 Å². The van der Waals surface area contributed by atoms with E-state index >= 15 is 0 Å². The first kappa shape index (κ1) is 13.9. The number of methoxy groups -OCH3 is 1. The Morgan fingerprint density at radius 2 is 2.26 bits per heavy atom. The van der Waals surface area contributed by atoms with E-state index in [1.165, 1.54) is 6.42 Å². The summed E-state index contributed by atoms with van der Waals surface area (Å²) in [5.74, 6) is 0.0748. The number of hydrogen-bond acceptors (Lipinski definition) is 3. The van der Waals surface area contributed by atoms with Gasteiger partial charge in [-0.1, -0.05) is 12.1 Å². The number of nitrogens with one attached hydrogen (secondary N) is 1. The molecule has 0 aromatic heterocycles. The summed E-state index contributed by atoms with van der Waals surface area (Å²) in [6.45, 7) is 0.624. The molecule has 1 aromatic carbocycles. The Labute approximate surface area is 114 Å². The van der Waals surface area contributed by atoms with Gasteiger partial charge in [0.1, 0.15) is 0 Å². The van der Waals surface area contributed by atoms with Crippen molar-refractivity contribution in [3.8, 4) is 0 Å². The van der Waals surface area contributed by atoms with Gasteiger partial charge in [-0.15, -0.1) is 0 Å². The van der Waals surface area contributed by atoms with Gasteiger partial charge in [-0.25, -0.2) is 0 Å². The first-order valence-electron chi connectivity index (χ1n) is 6.80. The number of aryl methyl sites for hydroxylation is 1. The van der Waals surface area contributed by atoms with E-state index in [-0.39, 0.29) is 11.5 Å². The lowest BCUT2D eigenvalue weighted by Gasteiger charge is -2.40. The highest BCUT2D eigenvalue weighted by Gasteiger charge is 2.37. The molecular formula is C15H22N2O2. The van der Waals surface area contributed by atoms with Crippen LogP contribution in [0.15, 0.2) is 24.3 Å². The molecule has 0 aliphatic heterocycles. The number of amides is 1. The Morgan fingerprint density at radius 3 is 2.84 bits per heavy atom. The first-order valence-corrected chi connectivity index (χ1v) is 6.80. The topological polar surface area (TPSA) is 64.3 Å². The van der Waals surface area contributed by atoms with Crippen molar-refractivity contribution >= 4 is 11.6 Å². The fourth-order valence-electron chi connectivity index (χ4n) is 2.38. The molecule has 1 aromatic rings. The number of nitrogen functional groups attached to an aromatic ring is 1. The van der Waals surface area contributed by atoms with Crippen molar-refractivity contribution in [1.82, 2.24) is 5.32 Å². The average molecular weight is 262 g/mol. The fourth-order valence-corrected chi connectivity index (χ4v) is 2.38. The Kier molecular flexibility index (Phi) is 4.43. The van der Waals surface area contributed by atoms with Crippen molar-refractivity contribution in [2.45, 2.75) is 37.7 Å². The van der Waals surface area contributed by atoms with Gasteiger partial charge >= 0.3 is 0 Å². The molecule has 1 amide bonds. The maximum Gasteiger partial charge on any atom is 0.220 e. The molecule has 4 nitrogen and oxygen atoms in total. The summed E-state index contributed by atoms with van der Waals surface area (Å²) < 4.78 is 5.47. The molecule has 0 unspecified atom stereocenters. The SMILES string of the molecule is COC1(CNC(=O)CCc2cccc(N)c2)CCC1. The van der Waals surface area contributed by atoms with Crippen LogP contribution < -0.4 is 11.1 Å². The van der Waals surface area contributed by atoms with Gasteiger partial charge < -0.3 is 15.8 Å². The highest BCUT2D eigenvalue weighted by molar-refractivity contribution is 5.76. The molecule has 1 aliphatic rings. The van der Waals surface area contributed by atoms with E-state index in [9.17, 15) is 4.79 Å². The summed E-state index contributed by atoms with van der Waals surface area (Å²) in [4.78, 5) is 11.8. The Balaban J connectivity index is 1.73. The van der Waals surface area contributed by atoms with Gasteiger partial charge in [0.25, 0.3) is 0 Å². The van der Waals surface area contributed by atoms with Gasteiger partial charge in [0.15, 0.2) is 0 Å². The molecule has 2 rings (SSSR count). The molecule has 0 spiro atoms. The molecule has 0 radical (unpaired) electrons. The van der Waals surface area contributed by atoms with Crippen LogP contribution in [-0.4, -0.2) is 25.2 Å². The second-order valence-corrected chi connectivity index (χ2v) is 5.26. The molecule has 0 saturated heterocycles. The fraction of sp³-hybridized carbons (Fsp3) is 0.533. The molecule has 104 valence electrons. The maximum atomic E-state index is 11.8. The predicted octanol–water partition coefficient (Wildman–Crippen LogP) is 1.89. The van der Waals surface area contributed by atoms with Crippen molar-refractivity contribution in [3.63, 3.8) is 0 Å². The highest BCUT2D eigenvalue weighted by atomic mass is 16.5. The molecular weight excluding hydrogens is 240 g/mol. The molecule has 0 heterocycles. The lowest BCUT2D eigenvalue weighted by Crippen LogP contribution is -2.49. The molecule has 0 bridgehead atoms. The van der Waals surface area contributed by atoms with Crippen LogP contribution in [-0.2, 0) is 16.0 Å².